The number of fused-ring (bicyclic) bond motifs is 5. The van der Waals surface area contributed by atoms with E-state index in [-0.39, 0.29) is 0 Å². The van der Waals surface area contributed by atoms with E-state index in [1.165, 1.54) is 64.1 Å². The Morgan fingerprint density at radius 3 is 2.54 bits per heavy atom. The number of methoxy groups -OCH3 is 1. The molecule has 5 heteroatoms. The number of thioether (sulfide) groups is 1. The highest BCUT2D eigenvalue weighted by atomic mass is 32.2. The van der Waals surface area contributed by atoms with E-state index in [0.717, 1.165) is 43.4 Å². The first-order chi connectivity index (χ1) is 17.3. The van der Waals surface area contributed by atoms with Crippen molar-refractivity contribution in [2.45, 2.75) is 30.7 Å². The van der Waals surface area contributed by atoms with Crippen LogP contribution in [0.1, 0.15) is 24.0 Å². The molecule has 0 unspecified atom stereocenters. The van der Waals surface area contributed by atoms with Crippen LogP contribution in [0.2, 0.25) is 0 Å². The predicted molar refractivity (Wildman–Crippen MR) is 145 cm³/mol. The Morgan fingerprint density at radius 1 is 0.914 bits per heavy atom. The van der Waals surface area contributed by atoms with Gasteiger partial charge in [0.15, 0.2) is 0 Å². The topological polar surface area (TPSA) is 26.6 Å². The van der Waals surface area contributed by atoms with E-state index in [1.54, 1.807) is 7.11 Å². The molecule has 180 valence electrons. The summed E-state index contributed by atoms with van der Waals surface area (Å²) in [5.74, 6) is 2.96. The molecule has 3 aromatic carbocycles. The maximum Gasteiger partial charge on any atom is 0.119 e. The highest BCUT2D eigenvalue weighted by Gasteiger charge is 2.23. The summed E-state index contributed by atoms with van der Waals surface area (Å²) in [5.41, 5.74) is 6.66. The van der Waals surface area contributed by atoms with Crippen LogP contribution < -0.4 is 9.47 Å². The van der Waals surface area contributed by atoms with Gasteiger partial charge < -0.3 is 14.0 Å². The van der Waals surface area contributed by atoms with Crippen molar-refractivity contribution in [1.82, 2.24) is 9.47 Å². The fraction of sp³-hybridized carbons (Fsp3) is 0.333. The molecule has 1 fully saturated rings. The molecule has 2 aliphatic rings. The standard InChI is InChI=1S/C30H32N2O2S/c1-33-24-12-13-28-27(20-24)25-14-19-35-29-7-3-2-6-26(29)30(25)32(28)21-22-8-10-23(11-9-22)34-18-17-31-15-4-5-16-31/h2-3,6-13,20H,4-5,14-19,21H2,1H3. The van der Waals surface area contributed by atoms with Gasteiger partial charge in [0.25, 0.3) is 0 Å². The summed E-state index contributed by atoms with van der Waals surface area (Å²) in [6, 6.07) is 24.0. The van der Waals surface area contributed by atoms with Crippen LogP contribution in [-0.4, -0.2) is 48.6 Å². The van der Waals surface area contributed by atoms with Gasteiger partial charge in [0, 0.05) is 40.2 Å². The second kappa shape index (κ2) is 10.00. The first-order valence-corrected chi connectivity index (χ1v) is 13.6. The molecule has 3 heterocycles. The maximum absolute atomic E-state index is 6.04. The predicted octanol–water partition coefficient (Wildman–Crippen LogP) is 6.49. The fourth-order valence-corrected chi connectivity index (χ4v) is 6.50. The number of rotatable bonds is 7. The molecule has 4 nitrogen and oxygen atoms in total. The van der Waals surface area contributed by atoms with E-state index >= 15 is 0 Å². The molecule has 1 aromatic heterocycles. The lowest BCUT2D eigenvalue weighted by molar-refractivity contribution is 0.238. The molecule has 4 aromatic rings. The van der Waals surface area contributed by atoms with Crippen LogP contribution in [0.25, 0.3) is 22.2 Å². The van der Waals surface area contributed by atoms with Gasteiger partial charge in [-0.3, -0.25) is 4.90 Å². The third kappa shape index (κ3) is 4.55. The number of aryl methyl sites for hydroxylation is 1. The molecule has 0 amide bonds. The Labute approximate surface area is 211 Å². The minimum Gasteiger partial charge on any atom is -0.497 e. The van der Waals surface area contributed by atoms with Gasteiger partial charge in [-0.2, -0.15) is 0 Å². The highest BCUT2D eigenvalue weighted by molar-refractivity contribution is 7.99. The van der Waals surface area contributed by atoms with Gasteiger partial charge in [0.2, 0.25) is 0 Å². The number of likely N-dealkylation sites (tertiary alicyclic amines) is 1. The molecule has 0 bridgehead atoms. The van der Waals surface area contributed by atoms with Crippen molar-refractivity contribution in [3.05, 3.63) is 77.9 Å². The average molecular weight is 485 g/mol. The second-order valence-corrected chi connectivity index (χ2v) is 10.6. The van der Waals surface area contributed by atoms with Crippen molar-refractivity contribution in [2.75, 3.05) is 39.1 Å². The lowest BCUT2D eigenvalue weighted by Crippen LogP contribution is -2.25. The zero-order valence-electron chi connectivity index (χ0n) is 20.3. The van der Waals surface area contributed by atoms with Crippen molar-refractivity contribution >= 4 is 22.7 Å². The molecule has 0 aliphatic carbocycles. The smallest absolute Gasteiger partial charge is 0.119 e. The highest BCUT2D eigenvalue weighted by Crippen LogP contribution is 2.43. The molecule has 0 spiro atoms. The van der Waals surface area contributed by atoms with Gasteiger partial charge in [-0.1, -0.05) is 30.3 Å². The normalized spacial score (nSPS) is 15.6. The lowest BCUT2D eigenvalue weighted by Gasteiger charge is -2.16. The zero-order valence-corrected chi connectivity index (χ0v) is 21.2. The van der Waals surface area contributed by atoms with Crippen LogP contribution in [0.3, 0.4) is 0 Å². The van der Waals surface area contributed by atoms with Crippen LogP contribution in [0.4, 0.5) is 0 Å². The average Bonchev–Trinajstić information content (AvgIpc) is 3.46. The number of aromatic nitrogens is 1. The zero-order chi connectivity index (χ0) is 23.6. The fourth-order valence-electron chi connectivity index (χ4n) is 5.48. The monoisotopic (exact) mass is 484 g/mol. The van der Waals surface area contributed by atoms with Gasteiger partial charge in [-0.25, -0.2) is 0 Å². The van der Waals surface area contributed by atoms with Crippen molar-refractivity contribution in [3.8, 4) is 22.8 Å². The summed E-state index contributed by atoms with van der Waals surface area (Å²) < 4.78 is 14.1. The molecule has 2 aliphatic heterocycles. The van der Waals surface area contributed by atoms with E-state index in [9.17, 15) is 0 Å². The maximum atomic E-state index is 6.04. The first-order valence-electron chi connectivity index (χ1n) is 12.7. The van der Waals surface area contributed by atoms with E-state index in [1.807, 2.05) is 11.8 Å². The summed E-state index contributed by atoms with van der Waals surface area (Å²) in [4.78, 5) is 3.85. The molecule has 0 saturated carbocycles. The van der Waals surface area contributed by atoms with Crippen LogP contribution >= 0.6 is 11.8 Å². The number of nitrogens with zero attached hydrogens (tertiary/aromatic N) is 2. The quantitative estimate of drug-likeness (QED) is 0.300. The first kappa shape index (κ1) is 22.6. The van der Waals surface area contributed by atoms with E-state index in [2.05, 4.69) is 76.2 Å². The number of hydrogen-bond acceptors (Lipinski definition) is 4. The second-order valence-electron chi connectivity index (χ2n) is 9.43. The van der Waals surface area contributed by atoms with Crippen LogP contribution in [0.5, 0.6) is 11.5 Å². The molecule has 0 N–H and O–H groups in total. The summed E-state index contributed by atoms with van der Waals surface area (Å²) in [5, 5.41) is 1.30. The SMILES string of the molecule is COc1ccc2c(c1)c1c(n2Cc2ccc(OCCN3CCCC3)cc2)-c2ccccc2SCC1. The minimum absolute atomic E-state index is 0.755. The van der Waals surface area contributed by atoms with Crippen LogP contribution in [0, 0.1) is 0 Å². The number of ether oxygens (including phenoxy) is 2. The summed E-state index contributed by atoms with van der Waals surface area (Å²) in [6.45, 7) is 5.02. The van der Waals surface area contributed by atoms with Crippen molar-refractivity contribution in [3.63, 3.8) is 0 Å². The molecule has 0 atom stereocenters. The van der Waals surface area contributed by atoms with Crippen molar-refractivity contribution in [2.24, 2.45) is 0 Å². The third-order valence-electron chi connectivity index (χ3n) is 7.27. The van der Waals surface area contributed by atoms with Crippen molar-refractivity contribution in [1.29, 1.82) is 0 Å². The Morgan fingerprint density at radius 2 is 1.71 bits per heavy atom. The third-order valence-corrected chi connectivity index (χ3v) is 8.34. The van der Waals surface area contributed by atoms with Crippen LogP contribution in [-0.2, 0) is 13.0 Å². The van der Waals surface area contributed by atoms with Crippen molar-refractivity contribution < 1.29 is 9.47 Å². The Bertz CT molecular complexity index is 1320. The number of hydrogen-bond donors (Lipinski definition) is 0. The van der Waals surface area contributed by atoms with E-state index in [4.69, 9.17) is 9.47 Å². The largest absolute Gasteiger partial charge is 0.497 e. The minimum atomic E-state index is 0.755. The number of benzene rings is 3. The van der Waals surface area contributed by atoms with Gasteiger partial charge in [0.1, 0.15) is 18.1 Å². The molecule has 35 heavy (non-hydrogen) atoms. The molecule has 6 rings (SSSR count). The molecular weight excluding hydrogens is 452 g/mol. The summed E-state index contributed by atoms with van der Waals surface area (Å²) in [6.07, 6.45) is 3.69. The van der Waals surface area contributed by atoms with Gasteiger partial charge in [-0.05, 0) is 79.9 Å². The van der Waals surface area contributed by atoms with Crippen LogP contribution in [0.15, 0.2) is 71.6 Å². The summed E-state index contributed by atoms with van der Waals surface area (Å²) in [7, 11) is 1.75. The van der Waals surface area contributed by atoms with Gasteiger partial charge >= 0.3 is 0 Å². The van der Waals surface area contributed by atoms with E-state index in [0.29, 0.717) is 0 Å². The van der Waals surface area contributed by atoms with Gasteiger partial charge in [0.05, 0.1) is 12.8 Å². The molecule has 0 radical (unpaired) electrons. The van der Waals surface area contributed by atoms with E-state index < -0.39 is 0 Å². The summed E-state index contributed by atoms with van der Waals surface area (Å²) >= 11 is 1.96. The Hall–Kier alpha value is -2.89. The molecular formula is C30H32N2O2S. The van der Waals surface area contributed by atoms with Gasteiger partial charge in [-0.15, -0.1) is 11.8 Å². The molecule has 1 saturated heterocycles. The lowest BCUT2D eigenvalue weighted by atomic mass is 10.0. The Kier molecular flexibility index (Phi) is 6.45. The Balaban J connectivity index is 1.32.